The van der Waals surface area contributed by atoms with Gasteiger partial charge in [0.25, 0.3) is 0 Å². The van der Waals surface area contributed by atoms with Crippen LogP contribution in [0.15, 0.2) is 24.3 Å². The molecule has 2 nitrogen and oxygen atoms in total. The number of nitrogens with two attached hydrogens (primary N) is 1. The molecule has 1 heterocycles. The van der Waals surface area contributed by atoms with E-state index < -0.39 is 0 Å². The van der Waals surface area contributed by atoms with Gasteiger partial charge in [-0.2, -0.15) is 0 Å². The van der Waals surface area contributed by atoms with Gasteiger partial charge in [0.15, 0.2) is 0 Å². The molecule has 2 N–H and O–H groups in total. The van der Waals surface area contributed by atoms with Crippen LogP contribution in [-0.2, 0) is 6.54 Å². The zero-order valence-electron chi connectivity index (χ0n) is 10.3. The Morgan fingerprint density at radius 2 is 2.19 bits per heavy atom. The molecule has 0 bridgehead atoms. The molecule has 1 aliphatic rings. The lowest BCUT2D eigenvalue weighted by Gasteiger charge is -2.27. The van der Waals surface area contributed by atoms with Crippen LogP contribution in [0, 0.1) is 0 Å². The maximum atomic E-state index is 5.82. The number of nitrogen functional groups attached to an aromatic ring is 1. The van der Waals surface area contributed by atoms with Crippen molar-refractivity contribution >= 4 is 5.69 Å². The summed E-state index contributed by atoms with van der Waals surface area (Å²) in [4.78, 5) is 2.62. The van der Waals surface area contributed by atoms with Crippen LogP contribution in [0.4, 0.5) is 5.69 Å². The fourth-order valence-corrected chi connectivity index (χ4v) is 2.75. The molecule has 16 heavy (non-hydrogen) atoms. The van der Waals surface area contributed by atoms with Crippen LogP contribution in [0.1, 0.15) is 38.7 Å². The predicted molar refractivity (Wildman–Crippen MR) is 69.2 cm³/mol. The van der Waals surface area contributed by atoms with Gasteiger partial charge in [0.05, 0.1) is 0 Å². The summed E-state index contributed by atoms with van der Waals surface area (Å²) in [5.74, 6) is 0. The number of nitrogens with zero attached hydrogens (tertiary/aromatic N) is 1. The third-order valence-electron chi connectivity index (χ3n) is 3.74. The lowest BCUT2D eigenvalue weighted by atomic mass is 10.1. The predicted octanol–water partition coefficient (Wildman–Crippen LogP) is 3.03. The molecule has 0 saturated carbocycles. The van der Waals surface area contributed by atoms with Crippen molar-refractivity contribution in [1.29, 1.82) is 0 Å². The minimum Gasteiger partial charge on any atom is -0.399 e. The molecule has 2 atom stereocenters. The Morgan fingerprint density at radius 3 is 2.88 bits per heavy atom. The van der Waals surface area contributed by atoms with Crippen LogP contribution in [-0.4, -0.2) is 17.0 Å². The Labute approximate surface area is 98.4 Å². The number of likely N-dealkylation sites (tertiary alicyclic amines) is 1. The zero-order chi connectivity index (χ0) is 11.5. The van der Waals surface area contributed by atoms with Crippen molar-refractivity contribution in [2.45, 2.75) is 51.7 Å². The fraction of sp³-hybridized carbons (Fsp3) is 0.571. The summed E-state index contributed by atoms with van der Waals surface area (Å²) in [6, 6.07) is 9.75. The van der Waals surface area contributed by atoms with E-state index in [-0.39, 0.29) is 0 Å². The van der Waals surface area contributed by atoms with Gasteiger partial charge in [-0.25, -0.2) is 0 Å². The largest absolute Gasteiger partial charge is 0.399 e. The second-order valence-corrected chi connectivity index (χ2v) is 4.91. The molecule has 2 heteroatoms. The number of rotatable bonds is 3. The summed E-state index contributed by atoms with van der Waals surface area (Å²) in [6.07, 6.45) is 3.94. The van der Waals surface area contributed by atoms with Crippen LogP contribution < -0.4 is 5.73 Å². The van der Waals surface area contributed by atoms with Crippen molar-refractivity contribution in [3.8, 4) is 0 Å². The summed E-state index contributed by atoms with van der Waals surface area (Å²) in [5, 5.41) is 0. The SMILES string of the molecule is CCC1CCC(C)N1Cc1cccc(N)c1. The molecule has 1 aliphatic heterocycles. The molecule has 1 saturated heterocycles. The highest BCUT2D eigenvalue weighted by Crippen LogP contribution is 2.27. The van der Waals surface area contributed by atoms with Crippen LogP contribution >= 0.6 is 0 Å². The van der Waals surface area contributed by atoms with Gasteiger partial charge in [0.2, 0.25) is 0 Å². The van der Waals surface area contributed by atoms with Gasteiger partial charge in [-0.1, -0.05) is 19.1 Å². The lowest BCUT2D eigenvalue weighted by molar-refractivity contribution is 0.189. The number of hydrogen-bond acceptors (Lipinski definition) is 2. The quantitative estimate of drug-likeness (QED) is 0.790. The van der Waals surface area contributed by atoms with Crippen LogP contribution in [0.25, 0.3) is 0 Å². The third kappa shape index (κ3) is 2.38. The smallest absolute Gasteiger partial charge is 0.0317 e. The number of benzene rings is 1. The van der Waals surface area contributed by atoms with Crippen molar-refractivity contribution in [2.24, 2.45) is 0 Å². The third-order valence-corrected chi connectivity index (χ3v) is 3.74. The second kappa shape index (κ2) is 4.88. The van der Waals surface area contributed by atoms with Crippen molar-refractivity contribution in [2.75, 3.05) is 5.73 Å². The Kier molecular flexibility index (Phi) is 3.49. The molecule has 1 aromatic carbocycles. The minimum absolute atomic E-state index is 0.714. The molecule has 1 aromatic rings. The topological polar surface area (TPSA) is 29.3 Å². The van der Waals surface area contributed by atoms with E-state index in [1.165, 1.54) is 24.8 Å². The molecular formula is C14H22N2. The first kappa shape index (κ1) is 11.5. The van der Waals surface area contributed by atoms with E-state index >= 15 is 0 Å². The monoisotopic (exact) mass is 218 g/mol. The maximum Gasteiger partial charge on any atom is 0.0317 e. The van der Waals surface area contributed by atoms with E-state index in [2.05, 4.69) is 30.9 Å². The van der Waals surface area contributed by atoms with Gasteiger partial charge in [0.1, 0.15) is 0 Å². The van der Waals surface area contributed by atoms with Gasteiger partial charge in [-0.3, -0.25) is 4.90 Å². The van der Waals surface area contributed by atoms with Crippen molar-refractivity contribution in [3.63, 3.8) is 0 Å². The van der Waals surface area contributed by atoms with Gasteiger partial charge >= 0.3 is 0 Å². The minimum atomic E-state index is 0.714. The molecular weight excluding hydrogens is 196 g/mol. The highest BCUT2D eigenvalue weighted by molar-refractivity contribution is 5.40. The Bertz CT molecular complexity index is 348. The van der Waals surface area contributed by atoms with E-state index in [9.17, 15) is 0 Å². The van der Waals surface area contributed by atoms with E-state index in [1.54, 1.807) is 0 Å². The molecule has 2 unspecified atom stereocenters. The molecule has 0 spiro atoms. The van der Waals surface area contributed by atoms with E-state index in [4.69, 9.17) is 5.73 Å². The molecule has 2 rings (SSSR count). The summed E-state index contributed by atoms with van der Waals surface area (Å²) in [5.41, 5.74) is 8.03. The van der Waals surface area contributed by atoms with Crippen LogP contribution in [0.5, 0.6) is 0 Å². The average molecular weight is 218 g/mol. The van der Waals surface area contributed by atoms with Crippen molar-refractivity contribution in [1.82, 2.24) is 4.90 Å². The van der Waals surface area contributed by atoms with Gasteiger partial charge in [-0.15, -0.1) is 0 Å². The van der Waals surface area contributed by atoms with Crippen LogP contribution in [0.2, 0.25) is 0 Å². The van der Waals surface area contributed by atoms with Crippen molar-refractivity contribution in [3.05, 3.63) is 29.8 Å². The summed E-state index contributed by atoms with van der Waals surface area (Å²) in [6.45, 7) is 5.67. The molecule has 0 aliphatic carbocycles. The Hall–Kier alpha value is -1.02. The maximum absolute atomic E-state index is 5.82. The van der Waals surface area contributed by atoms with E-state index in [0.29, 0.717) is 6.04 Å². The van der Waals surface area contributed by atoms with Gasteiger partial charge in [-0.05, 0) is 43.9 Å². The summed E-state index contributed by atoms with van der Waals surface area (Å²) in [7, 11) is 0. The zero-order valence-corrected chi connectivity index (χ0v) is 10.3. The van der Waals surface area contributed by atoms with E-state index in [0.717, 1.165) is 18.3 Å². The lowest BCUT2D eigenvalue weighted by Crippen LogP contribution is -2.33. The molecule has 1 fully saturated rings. The van der Waals surface area contributed by atoms with Gasteiger partial charge in [0, 0.05) is 24.3 Å². The highest BCUT2D eigenvalue weighted by atomic mass is 15.2. The number of hydrogen-bond donors (Lipinski definition) is 1. The standard InChI is InChI=1S/C14H22N2/c1-3-14-8-7-11(2)16(14)10-12-5-4-6-13(15)9-12/h4-6,9,11,14H,3,7-8,10,15H2,1-2H3. The molecule has 0 radical (unpaired) electrons. The van der Waals surface area contributed by atoms with Gasteiger partial charge < -0.3 is 5.73 Å². The first-order valence-corrected chi connectivity index (χ1v) is 6.31. The number of anilines is 1. The first-order chi connectivity index (χ1) is 7.70. The summed E-state index contributed by atoms with van der Waals surface area (Å²) >= 11 is 0. The normalized spacial score (nSPS) is 26.1. The molecule has 0 aromatic heterocycles. The Balaban J connectivity index is 2.08. The second-order valence-electron chi connectivity index (χ2n) is 4.91. The van der Waals surface area contributed by atoms with E-state index in [1.807, 2.05) is 12.1 Å². The van der Waals surface area contributed by atoms with Crippen molar-refractivity contribution < 1.29 is 0 Å². The average Bonchev–Trinajstić information content (AvgIpc) is 2.60. The summed E-state index contributed by atoms with van der Waals surface area (Å²) < 4.78 is 0. The molecule has 88 valence electrons. The first-order valence-electron chi connectivity index (χ1n) is 6.31. The molecule has 0 amide bonds. The fourth-order valence-electron chi connectivity index (χ4n) is 2.75. The Morgan fingerprint density at radius 1 is 1.38 bits per heavy atom. The highest BCUT2D eigenvalue weighted by Gasteiger charge is 2.28. The van der Waals surface area contributed by atoms with Crippen LogP contribution in [0.3, 0.4) is 0 Å².